The predicted molar refractivity (Wildman–Crippen MR) is 66.9 cm³/mol. The van der Waals surface area contributed by atoms with Crippen LogP contribution in [0.5, 0.6) is 0 Å². The molecule has 6 heteroatoms. The van der Waals surface area contributed by atoms with Crippen LogP contribution in [0.3, 0.4) is 0 Å². The van der Waals surface area contributed by atoms with Crippen molar-refractivity contribution in [3.63, 3.8) is 0 Å². The lowest BCUT2D eigenvalue weighted by molar-refractivity contribution is -0.139. The van der Waals surface area contributed by atoms with Crippen molar-refractivity contribution in [1.82, 2.24) is 10.2 Å². The normalized spacial score (nSPS) is 12.1. The number of carbonyl (C=O) groups excluding carboxylic acids is 2. The van der Waals surface area contributed by atoms with Crippen molar-refractivity contribution in [2.75, 3.05) is 13.6 Å². The van der Waals surface area contributed by atoms with Gasteiger partial charge in [0, 0.05) is 25.9 Å². The fourth-order valence-electron chi connectivity index (χ4n) is 1.50. The lowest BCUT2D eigenvalue weighted by Crippen LogP contribution is -2.41. The first kappa shape index (κ1) is 16.4. The van der Waals surface area contributed by atoms with E-state index in [1.165, 1.54) is 11.9 Å². The molecule has 1 atom stereocenters. The van der Waals surface area contributed by atoms with Gasteiger partial charge in [0.25, 0.3) is 0 Å². The van der Waals surface area contributed by atoms with Gasteiger partial charge in [-0.15, -0.1) is 0 Å². The summed E-state index contributed by atoms with van der Waals surface area (Å²) in [7, 11) is 1.54. The molecule has 0 aliphatic carbocycles. The lowest BCUT2D eigenvalue weighted by Gasteiger charge is -2.19. The van der Waals surface area contributed by atoms with Gasteiger partial charge in [-0.05, 0) is 19.8 Å². The fraction of sp³-hybridized carbons (Fsp3) is 0.750. The van der Waals surface area contributed by atoms with Crippen molar-refractivity contribution < 1.29 is 19.5 Å². The number of amides is 2. The summed E-state index contributed by atoms with van der Waals surface area (Å²) in [6.07, 6.45) is 0.0928. The molecule has 18 heavy (non-hydrogen) atoms. The van der Waals surface area contributed by atoms with Crippen molar-refractivity contribution in [2.24, 2.45) is 5.92 Å². The van der Waals surface area contributed by atoms with E-state index in [0.29, 0.717) is 0 Å². The fourth-order valence-corrected chi connectivity index (χ4v) is 1.50. The van der Waals surface area contributed by atoms with Gasteiger partial charge in [0.05, 0.1) is 6.54 Å². The van der Waals surface area contributed by atoms with E-state index in [1.54, 1.807) is 6.92 Å². The van der Waals surface area contributed by atoms with Gasteiger partial charge in [0.2, 0.25) is 11.8 Å². The molecule has 104 valence electrons. The van der Waals surface area contributed by atoms with E-state index in [2.05, 4.69) is 5.32 Å². The highest BCUT2D eigenvalue weighted by atomic mass is 16.4. The number of nitrogens with zero attached hydrogens (tertiary/aromatic N) is 1. The van der Waals surface area contributed by atoms with Crippen LogP contribution in [0.4, 0.5) is 0 Å². The van der Waals surface area contributed by atoms with E-state index in [4.69, 9.17) is 5.11 Å². The van der Waals surface area contributed by atoms with Crippen LogP contribution in [-0.2, 0) is 14.4 Å². The highest BCUT2D eigenvalue weighted by Crippen LogP contribution is 2.09. The SMILES string of the molecule is CC(CC(=O)O)CC(=O)N(C)CC(=O)NC(C)C. The molecule has 0 aliphatic rings. The molecular weight excluding hydrogens is 236 g/mol. The number of hydrogen-bond donors (Lipinski definition) is 2. The summed E-state index contributed by atoms with van der Waals surface area (Å²) in [4.78, 5) is 34.9. The molecule has 0 aromatic carbocycles. The number of carboxylic acid groups (broad SMARTS) is 1. The molecule has 6 nitrogen and oxygen atoms in total. The molecule has 2 amide bonds. The Balaban J connectivity index is 4.10. The van der Waals surface area contributed by atoms with Crippen molar-refractivity contribution in [3.05, 3.63) is 0 Å². The van der Waals surface area contributed by atoms with Crippen LogP contribution >= 0.6 is 0 Å². The molecule has 0 saturated carbocycles. The summed E-state index contributed by atoms with van der Waals surface area (Å²) >= 11 is 0. The van der Waals surface area contributed by atoms with Gasteiger partial charge < -0.3 is 15.3 Å². The molecule has 0 saturated heterocycles. The van der Waals surface area contributed by atoms with Gasteiger partial charge in [-0.2, -0.15) is 0 Å². The van der Waals surface area contributed by atoms with E-state index >= 15 is 0 Å². The highest BCUT2D eigenvalue weighted by molar-refractivity contribution is 5.85. The minimum atomic E-state index is -0.921. The van der Waals surface area contributed by atoms with Crippen LogP contribution in [0.2, 0.25) is 0 Å². The lowest BCUT2D eigenvalue weighted by atomic mass is 10.0. The average Bonchev–Trinajstić information content (AvgIpc) is 2.13. The maximum atomic E-state index is 11.7. The number of likely N-dealkylation sites (N-methyl/N-ethyl adjacent to an activating group) is 1. The second kappa shape index (κ2) is 7.68. The minimum Gasteiger partial charge on any atom is -0.481 e. The third-order valence-electron chi connectivity index (χ3n) is 2.30. The van der Waals surface area contributed by atoms with Crippen LogP contribution in [0, 0.1) is 5.92 Å². The van der Waals surface area contributed by atoms with Gasteiger partial charge in [-0.1, -0.05) is 6.92 Å². The summed E-state index contributed by atoms with van der Waals surface area (Å²) in [5, 5.41) is 11.3. The Hall–Kier alpha value is -1.59. The van der Waals surface area contributed by atoms with Crippen LogP contribution in [0.25, 0.3) is 0 Å². The zero-order valence-electron chi connectivity index (χ0n) is 11.4. The Morgan fingerprint density at radius 1 is 1.17 bits per heavy atom. The van der Waals surface area contributed by atoms with Crippen LogP contribution in [0.1, 0.15) is 33.6 Å². The first-order valence-electron chi connectivity index (χ1n) is 5.97. The Labute approximate surface area is 107 Å². The Bertz CT molecular complexity index is 315. The first-order chi connectivity index (χ1) is 8.22. The summed E-state index contributed by atoms with van der Waals surface area (Å²) in [6, 6.07) is 0.0342. The zero-order valence-corrected chi connectivity index (χ0v) is 11.4. The van der Waals surface area contributed by atoms with E-state index in [0.717, 1.165) is 0 Å². The molecule has 0 aromatic rings. The largest absolute Gasteiger partial charge is 0.481 e. The predicted octanol–water partition coefficient (Wildman–Crippen LogP) is 0.470. The Morgan fingerprint density at radius 2 is 1.72 bits per heavy atom. The number of rotatable bonds is 7. The second-order valence-corrected chi connectivity index (χ2v) is 4.88. The third-order valence-corrected chi connectivity index (χ3v) is 2.30. The van der Waals surface area contributed by atoms with E-state index in [-0.39, 0.29) is 43.2 Å². The van der Waals surface area contributed by atoms with Gasteiger partial charge in [0.15, 0.2) is 0 Å². The molecule has 0 rings (SSSR count). The quantitative estimate of drug-likeness (QED) is 0.695. The van der Waals surface area contributed by atoms with E-state index in [9.17, 15) is 14.4 Å². The second-order valence-electron chi connectivity index (χ2n) is 4.88. The molecule has 1 unspecified atom stereocenters. The van der Waals surface area contributed by atoms with Crippen LogP contribution < -0.4 is 5.32 Å². The van der Waals surface area contributed by atoms with Crippen LogP contribution in [-0.4, -0.2) is 47.4 Å². The van der Waals surface area contributed by atoms with Crippen molar-refractivity contribution >= 4 is 17.8 Å². The molecule has 0 radical (unpaired) electrons. The molecule has 0 spiro atoms. The first-order valence-corrected chi connectivity index (χ1v) is 5.97. The van der Waals surface area contributed by atoms with Gasteiger partial charge in [0.1, 0.15) is 0 Å². The molecular formula is C12H22N2O4. The Kier molecular flexibility index (Phi) is 7.00. The van der Waals surface area contributed by atoms with E-state index < -0.39 is 5.97 Å². The smallest absolute Gasteiger partial charge is 0.303 e. The highest BCUT2D eigenvalue weighted by Gasteiger charge is 2.17. The molecule has 0 fully saturated rings. The molecule has 0 aromatic heterocycles. The van der Waals surface area contributed by atoms with Crippen molar-refractivity contribution in [3.8, 4) is 0 Å². The van der Waals surface area contributed by atoms with Crippen LogP contribution in [0.15, 0.2) is 0 Å². The Morgan fingerprint density at radius 3 is 2.17 bits per heavy atom. The maximum absolute atomic E-state index is 11.7. The average molecular weight is 258 g/mol. The zero-order chi connectivity index (χ0) is 14.3. The van der Waals surface area contributed by atoms with Gasteiger partial charge >= 0.3 is 5.97 Å². The molecule has 0 bridgehead atoms. The number of carbonyl (C=O) groups is 3. The standard InChI is InChI=1S/C12H22N2O4/c1-8(2)13-10(15)7-14(4)11(16)5-9(3)6-12(17)18/h8-9H,5-7H2,1-4H3,(H,13,15)(H,17,18). The molecule has 0 aliphatic heterocycles. The number of nitrogens with one attached hydrogen (secondary N) is 1. The number of hydrogen-bond acceptors (Lipinski definition) is 3. The summed E-state index contributed by atoms with van der Waals surface area (Å²) in [6.45, 7) is 5.38. The van der Waals surface area contributed by atoms with Gasteiger partial charge in [-0.3, -0.25) is 14.4 Å². The molecule has 0 heterocycles. The summed E-state index contributed by atoms with van der Waals surface area (Å²) < 4.78 is 0. The molecule has 2 N–H and O–H groups in total. The minimum absolute atomic E-state index is 0.00317. The maximum Gasteiger partial charge on any atom is 0.303 e. The summed E-state index contributed by atoms with van der Waals surface area (Å²) in [5.41, 5.74) is 0. The number of aliphatic carboxylic acids is 1. The van der Waals surface area contributed by atoms with Crippen molar-refractivity contribution in [2.45, 2.75) is 39.7 Å². The monoisotopic (exact) mass is 258 g/mol. The number of carboxylic acids is 1. The van der Waals surface area contributed by atoms with Crippen molar-refractivity contribution in [1.29, 1.82) is 0 Å². The summed E-state index contributed by atoms with van der Waals surface area (Å²) in [5.74, 6) is -1.59. The van der Waals surface area contributed by atoms with E-state index in [1.807, 2.05) is 13.8 Å². The topological polar surface area (TPSA) is 86.7 Å². The van der Waals surface area contributed by atoms with Gasteiger partial charge in [-0.25, -0.2) is 0 Å². The third kappa shape index (κ3) is 7.65.